The van der Waals surface area contributed by atoms with E-state index in [4.69, 9.17) is 0 Å². The van der Waals surface area contributed by atoms with Crippen molar-refractivity contribution in [2.75, 3.05) is 12.0 Å². The van der Waals surface area contributed by atoms with E-state index in [1.165, 1.54) is 0 Å². The highest BCUT2D eigenvalue weighted by Gasteiger charge is 2.22. The number of aliphatic carboxylic acids is 1. The molecule has 1 unspecified atom stereocenters. The van der Waals surface area contributed by atoms with Gasteiger partial charge in [-0.3, -0.25) is 4.79 Å². The van der Waals surface area contributed by atoms with Crippen molar-refractivity contribution in [3.8, 4) is 11.1 Å². The van der Waals surface area contributed by atoms with Crippen LogP contribution in [0.15, 0.2) is 78.8 Å². The molecule has 2 aromatic carbocycles. The molecule has 4 aromatic rings. The normalized spacial score (nSPS) is 12.3. The number of carboxylic acid groups (broad SMARTS) is 1. The number of rotatable bonds is 11. The zero-order valence-corrected chi connectivity index (χ0v) is 21.3. The van der Waals surface area contributed by atoms with E-state index in [1.54, 1.807) is 47.9 Å². The maximum Gasteiger partial charge on any atom is 0.326 e. The van der Waals surface area contributed by atoms with E-state index in [9.17, 15) is 14.7 Å². The van der Waals surface area contributed by atoms with E-state index < -0.39 is 17.9 Å². The lowest BCUT2D eigenvalue weighted by Crippen LogP contribution is -2.41. The molecule has 2 aromatic heterocycles. The van der Waals surface area contributed by atoms with Crippen LogP contribution in [0.1, 0.15) is 27.3 Å². The Hall–Kier alpha value is -3.69. The fourth-order valence-electron chi connectivity index (χ4n) is 3.77. The van der Waals surface area contributed by atoms with E-state index in [2.05, 4.69) is 21.4 Å². The van der Waals surface area contributed by atoms with Crippen LogP contribution in [0.2, 0.25) is 0 Å². The number of imidazole rings is 1. The first-order valence-corrected chi connectivity index (χ1v) is 13.6. The fraction of sp³-hybridized carbons (Fsp3) is 0.185. The Balaban J connectivity index is 1.72. The quantitative estimate of drug-likeness (QED) is 0.284. The summed E-state index contributed by atoms with van der Waals surface area (Å²) in [6.07, 6.45) is 11.5. The highest BCUT2D eigenvalue weighted by molar-refractivity contribution is 7.98. The molecule has 4 rings (SSSR count). The van der Waals surface area contributed by atoms with Gasteiger partial charge in [0.15, 0.2) is 0 Å². The summed E-state index contributed by atoms with van der Waals surface area (Å²) in [4.78, 5) is 33.6. The Kier molecular flexibility index (Phi) is 8.70. The van der Waals surface area contributed by atoms with Gasteiger partial charge >= 0.3 is 5.97 Å². The molecule has 0 spiro atoms. The minimum Gasteiger partial charge on any atom is -0.480 e. The van der Waals surface area contributed by atoms with Crippen LogP contribution in [0.25, 0.3) is 22.8 Å². The van der Waals surface area contributed by atoms with E-state index in [0.717, 1.165) is 27.3 Å². The van der Waals surface area contributed by atoms with Gasteiger partial charge in [0.05, 0.1) is 12.9 Å². The highest BCUT2D eigenvalue weighted by atomic mass is 32.2. The smallest absolute Gasteiger partial charge is 0.326 e. The van der Waals surface area contributed by atoms with Crippen molar-refractivity contribution in [1.82, 2.24) is 19.9 Å². The first kappa shape index (κ1) is 25.4. The lowest BCUT2D eigenvalue weighted by molar-refractivity contribution is -0.139. The molecule has 184 valence electrons. The molecule has 0 aliphatic carbocycles. The number of nitrogens with zero attached hydrogens (tertiary/aromatic N) is 3. The number of hydrogen-bond donors (Lipinski definition) is 2. The molecule has 0 saturated carbocycles. The zero-order chi connectivity index (χ0) is 25.3. The van der Waals surface area contributed by atoms with Crippen molar-refractivity contribution in [2.45, 2.75) is 19.0 Å². The predicted molar refractivity (Wildman–Crippen MR) is 146 cm³/mol. The standard InChI is InChI=1S/C27H26N4O3S2/c1-35-13-9-24(27(33)34)30-25(32)22-8-7-19(16-23(22)20-5-3-2-4-6-20)15-21(26-29-11-14-36-26)17-31-12-10-28-18-31/h2-8,10-12,14-16,18,24H,9,13,17H2,1H3,(H,30,32)(H,33,34)/b21-15+. The van der Waals surface area contributed by atoms with Crippen molar-refractivity contribution in [3.05, 3.63) is 95.0 Å². The number of carboxylic acids is 1. The molecular weight excluding hydrogens is 492 g/mol. The molecule has 36 heavy (non-hydrogen) atoms. The van der Waals surface area contributed by atoms with Crippen molar-refractivity contribution >= 4 is 46.6 Å². The van der Waals surface area contributed by atoms with Gasteiger partial charge in [-0.2, -0.15) is 11.8 Å². The summed E-state index contributed by atoms with van der Waals surface area (Å²) < 4.78 is 1.98. The number of thioether (sulfide) groups is 1. The summed E-state index contributed by atoms with van der Waals surface area (Å²) in [5.74, 6) is -0.801. The highest BCUT2D eigenvalue weighted by Crippen LogP contribution is 2.28. The Morgan fingerprint density at radius 3 is 2.69 bits per heavy atom. The van der Waals surface area contributed by atoms with Crippen LogP contribution in [0.5, 0.6) is 0 Å². The maximum absolute atomic E-state index is 13.2. The number of carbonyl (C=O) groups excluding carboxylic acids is 1. The predicted octanol–water partition coefficient (Wildman–Crippen LogP) is 5.18. The van der Waals surface area contributed by atoms with Crippen LogP contribution >= 0.6 is 23.1 Å². The molecule has 0 aliphatic heterocycles. The van der Waals surface area contributed by atoms with Crippen LogP contribution in [0, 0.1) is 0 Å². The van der Waals surface area contributed by atoms with Gasteiger partial charge in [-0.05, 0) is 53.3 Å². The maximum atomic E-state index is 13.2. The zero-order valence-electron chi connectivity index (χ0n) is 19.7. The van der Waals surface area contributed by atoms with Crippen molar-refractivity contribution in [1.29, 1.82) is 0 Å². The summed E-state index contributed by atoms with van der Waals surface area (Å²) in [5.41, 5.74) is 3.96. The van der Waals surface area contributed by atoms with Gasteiger partial charge in [0.25, 0.3) is 5.91 Å². The third-order valence-corrected chi connectivity index (χ3v) is 7.04. The van der Waals surface area contributed by atoms with Gasteiger partial charge in [0.2, 0.25) is 0 Å². The average molecular weight is 519 g/mol. The number of nitrogens with one attached hydrogen (secondary N) is 1. The van der Waals surface area contributed by atoms with Crippen LogP contribution in [0.4, 0.5) is 0 Å². The summed E-state index contributed by atoms with van der Waals surface area (Å²) in [7, 11) is 0. The summed E-state index contributed by atoms with van der Waals surface area (Å²) in [6.45, 7) is 0.603. The second-order valence-corrected chi connectivity index (χ2v) is 9.94. The van der Waals surface area contributed by atoms with Crippen molar-refractivity contribution in [2.24, 2.45) is 0 Å². The molecule has 0 saturated heterocycles. The molecule has 0 fully saturated rings. The van der Waals surface area contributed by atoms with Crippen molar-refractivity contribution < 1.29 is 14.7 Å². The Morgan fingerprint density at radius 2 is 2.03 bits per heavy atom. The second kappa shape index (κ2) is 12.3. The largest absolute Gasteiger partial charge is 0.480 e. The molecule has 0 radical (unpaired) electrons. The molecule has 0 aliphatic rings. The van der Waals surface area contributed by atoms with E-state index in [-0.39, 0.29) is 0 Å². The first-order chi connectivity index (χ1) is 17.5. The van der Waals surface area contributed by atoms with Crippen LogP contribution < -0.4 is 5.32 Å². The third kappa shape index (κ3) is 6.50. The number of benzene rings is 2. The summed E-state index contributed by atoms with van der Waals surface area (Å²) in [5, 5.41) is 15.1. The number of aromatic nitrogens is 3. The molecule has 2 N–H and O–H groups in total. The Labute approximate surface area is 217 Å². The van der Waals surface area contributed by atoms with E-state index >= 15 is 0 Å². The monoisotopic (exact) mass is 518 g/mol. The Morgan fingerprint density at radius 1 is 1.19 bits per heavy atom. The summed E-state index contributed by atoms with van der Waals surface area (Å²) >= 11 is 3.11. The number of carbonyl (C=O) groups is 2. The number of amides is 1. The van der Waals surface area contributed by atoms with Crippen molar-refractivity contribution in [3.63, 3.8) is 0 Å². The summed E-state index contributed by atoms with van der Waals surface area (Å²) in [6, 6.07) is 14.3. The molecule has 9 heteroatoms. The fourth-order valence-corrected chi connectivity index (χ4v) is 4.89. The second-order valence-electron chi connectivity index (χ2n) is 8.06. The lowest BCUT2D eigenvalue weighted by Gasteiger charge is -2.17. The number of thiazole rings is 1. The minimum atomic E-state index is -1.04. The number of allylic oxidation sites excluding steroid dienone is 1. The molecular formula is C27H26N4O3S2. The van der Waals surface area contributed by atoms with Gasteiger partial charge in [0.1, 0.15) is 11.0 Å². The molecule has 1 atom stereocenters. The van der Waals surface area contributed by atoms with E-state index in [1.807, 2.05) is 64.9 Å². The van der Waals surface area contributed by atoms with Gasteiger partial charge in [-0.1, -0.05) is 36.4 Å². The molecule has 0 bridgehead atoms. The molecule has 2 heterocycles. The Bertz CT molecular complexity index is 1320. The SMILES string of the molecule is CSCCC(NC(=O)c1ccc(/C=C(\Cn2ccnc2)c2nccs2)cc1-c1ccccc1)C(=O)O. The van der Waals surface area contributed by atoms with Gasteiger partial charge in [0, 0.05) is 35.1 Å². The lowest BCUT2D eigenvalue weighted by atomic mass is 9.95. The third-order valence-electron chi connectivity index (χ3n) is 5.55. The topological polar surface area (TPSA) is 97.1 Å². The molecule has 1 amide bonds. The first-order valence-electron chi connectivity index (χ1n) is 11.3. The minimum absolute atomic E-state index is 0.356. The van der Waals surface area contributed by atoms with E-state index in [0.29, 0.717) is 24.3 Å². The van der Waals surface area contributed by atoms with Crippen LogP contribution in [0.3, 0.4) is 0 Å². The van der Waals surface area contributed by atoms with Gasteiger partial charge in [-0.15, -0.1) is 11.3 Å². The average Bonchev–Trinajstić information content (AvgIpc) is 3.61. The van der Waals surface area contributed by atoms with Crippen LogP contribution in [-0.2, 0) is 11.3 Å². The van der Waals surface area contributed by atoms with Gasteiger partial charge < -0.3 is 15.0 Å². The van der Waals surface area contributed by atoms with Crippen LogP contribution in [-0.4, -0.2) is 49.6 Å². The number of hydrogen-bond acceptors (Lipinski definition) is 6. The molecule has 7 nitrogen and oxygen atoms in total. The van der Waals surface area contributed by atoms with Gasteiger partial charge in [-0.25, -0.2) is 14.8 Å².